The smallest absolute Gasteiger partial charge is 0.253 e. The second-order valence-electron chi connectivity index (χ2n) is 6.41. The quantitative estimate of drug-likeness (QED) is 0.505. The molecular weight excluding hydrogens is 420 g/mol. The highest BCUT2D eigenvalue weighted by Gasteiger charge is 2.07. The summed E-state index contributed by atoms with van der Waals surface area (Å²) in [6.45, 7) is 3.97. The number of amides is 1. The zero-order chi connectivity index (χ0) is 20.5. The molecule has 1 amide bonds. The maximum atomic E-state index is 12.0. The number of hydrogen-bond donors (Lipinski definition) is 2. The van der Waals surface area contributed by atoms with Crippen LogP contribution in [0.15, 0.2) is 51.9 Å². The van der Waals surface area contributed by atoms with Crippen LogP contribution in [0.5, 0.6) is 5.75 Å². The van der Waals surface area contributed by atoms with Gasteiger partial charge >= 0.3 is 0 Å². The molecule has 0 radical (unpaired) electrons. The van der Waals surface area contributed by atoms with Crippen LogP contribution in [-0.2, 0) is 13.1 Å². The molecule has 7 heteroatoms. The number of carbonyl (C=O) groups is 1. The van der Waals surface area contributed by atoms with Gasteiger partial charge in [0.2, 0.25) is 0 Å². The summed E-state index contributed by atoms with van der Waals surface area (Å²) < 4.78 is 6.17. The summed E-state index contributed by atoms with van der Waals surface area (Å²) in [5, 5.41) is 6.57. The standard InChI is InChI=1S/C21H27BrN4O2/c1-5-23-21(25-14-16-8-11-19(28-4)18(22)12-16)24-13-15-6-9-17(10-7-15)20(27)26(2)3/h6-12H,5,13-14H2,1-4H3,(H2,23,24,25). The monoisotopic (exact) mass is 446 g/mol. The molecule has 0 aromatic heterocycles. The van der Waals surface area contributed by atoms with Crippen LogP contribution in [0.3, 0.4) is 0 Å². The van der Waals surface area contributed by atoms with E-state index >= 15 is 0 Å². The lowest BCUT2D eigenvalue weighted by atomic mass is 10.1. The van der Waals surface area contributed by atoms with Gasteiger partial charge in [-0.1, -0.05) is 18.2 Å². The minimum Gasteiger partial charge on any atom is -0.496 e. The number of halogens is 1. The lowest BCUT2D eigenvalue weighted by Gasteiger charge is -2.13. The number of hydrogen-bond acceptors (Lipinski definition) is 3. The van der Waals surface area contributed by atoms with Crippen molar-refractivity contribution in [1.82, 2.24) is 15.5 Å². The number of ether oxygens (including phenoxy) is 1. The minimum atomic E-state index is 0.0000581. The van der Waals surface area contributed by atoms with Crippen molar-refractivity contribution < 1.29 is 9.53 Å². The van der Waals surface area contributed by atoms with E-state index in [1.165, 1.54) is 0 Å². The fraction of sp³-hybridized carbons (Fsp3) is 0.333. The summed E-state index contributed by atoms with van der Waals surface area (Å²) >= 11 is 3.50. The Kier molecular flexibility index (Phi) is 8.32. The van der Waals surface area contributed by atoms with Crippen molar-refractivity contribution in [2.45, 2.75) is 20.0 Å². The van der Waals surface area contributed by atoms with Crippen LogP contribution in [0.25, 0.3) is 0 Å². The van der Waals surface area contributed by atoms with Crippen molar-refractivity contribution in [2.75, 3.05) is 27.7 Å². The van der Waals surface area contributed by atoms with Crippen LogP contribution >= 0.6 is 15.9 Å². The third-order valence-corrected chi connectivity index (χ3v) is 4.67. The van der Waals surface area contributed by atoms with E-state index in [0.717, 1.165) is 33.9 Å². The number of carbonyl (C=O) groups excluding carboxylic acids is 1. The number of nitrogens with zero attached hydrogens (tertiary/aromatic N) is 2. The van der Waals surface area contributed by atoms with E-state index < -0.39 is 0 Å². The Morgan fingerprint density at radius 3 is 2.36 bits per heavy atom. The van der Waals surface area contributed by atoms with Crippen LogP contribution < -0.4 is 15.4 Å². The number of guanidine groups is 1. The van der Waals surface area contributed by atoms with E-state index in [-0.39, 0.29) is 5.91 Å². The molecule has 0 heterocycles. The van der Waals surface area contributed by atoms with Crippen molar-refractivity contribution in [3.05, 3.63) is 63.6 Å². The van der Waals surface area contributed by atoms with E-state index in [9.17, 15) is 4.79 Å². The highest BCUT2D eigenvalue weighted by Crippen LogP contribution is 2.25. The molecule has 28 heavy (non-hydrogen) atoms. The predicted molar refractivity (Wildman–Crippen MR) is 117 cm³/mol. The summed E-state index contributed by atoms with van der Waals surface area (Å²) in [6.07, 6.45) is 0. The lowest BCUT2D eigenvalue weighted by molar-refractivity contribution is 0.0827. The molecule has 0 spiro atoms. The average Bonchev–Trinajstić information content (AvgIpc) is 2.70. The Hall–Kier alpha value is -2.54. The number of aliphatic imine (C=N–C) groups is 1. The van der Waals surface area contributed by atoms with Crippen LogP contribution in [0.4, 0.5) is 0 Å². The van der Waals surface area contributed by atoms with Gasteiger partial charge in [0.25, 0.3) is 5.91 Å². The molecular formula is C21H27BrN4O2. The second kappa shape index (κ2) is 10.7. The van der Waals surface area contributed by atoms with Gasteiger partial charge in [0.05, 0.1) is 18.1 Å². The first-order valence-corrected chi connectivity index (χ1v) is 9.89. The molecule has 0 aliphatic heterocycles. The molecule has 0 atom stereocenters. The first kappa shape index (κ1) is 21.8. The Morgan fingerprint density at radius 1 is 1.11 bits per heavy atom. The molecule has 6 nitrogen and oxygen atoms in total. The Bertz CT molecular complexity index is 820. The number of rotatable bonds is 7. The minimum absolute atomic E-state index is 0.0000581. The molecule has 2 aromatic rings. The molecule has 0 unspecified atom stereocenters. The maximum Gasteiger partial charge on any atom is 0.253 e. The summed E-state index contributed by atoms with van der Waals surface area (Å²) in [4.78, 5) is 18.2. The van der Waals surface area contributed by atoms with Crippen molar-refractivity contribution >= 4 is 27.8 Å². The summed E-state index contributed by atoms with van der Waals surface area (Å²) in [5.41, 5.74) is 2.84. The predicted octanol–water partition coefficient (Wildman–Crippen LogP) is 3.41. The molecule has 0 aliphatic rings. The third-order valence-electron chi connectivity index (χ3n) is 4.05. The van der Waals surface area contributed by atoms with Gasteiger partial charge in [0.1, 0.15) is 5.75 Å². The first-order chi connectivity index (χ1) is 13.4. The number of methoxy groups -OCH3 is 1. The Morgan fingerprint density at radius 2 is 1.79 bits per heavy atom. The normalized spacial score (nSPS) is 11.1. The molecule has 0 fully saturated rings. The van der Waals surface area contributed by atoms with Gasteiger partial charge in [0.15, 0.2) is 5.96 Å². The maximum absolute atomic E-state index is 12.0. The fourth-order valence-electron chi connectivity index (χ4n) is 2.53. The largest absolute Gasteiger partial charge is 0.496 e. The Balaban J connectivity index is 1.99. The summed E-state index contributed by atoms with van der Waals surface area (Å²) in [6, 6.07) is 13.5. The zero-order valence-corrected chi connectivity index (χ0v) is 18.3. The van der Waals surface area contributed by atoms with E-state index in [1.54, 1.807) is 26.1 Å². The van der Waals surface area contributed by atoms with Crippen molar-refractivity contribution in [1.29, 1.82) is 0 Å². The van der Waals surface area contributed by atoms with Crippen LogP contribution in [-0.4, -0.2) is 44.5 Å². The summed E-state index contributed by atoms with van der Waals surface area (Å²) in [7, 11) is 5.14. The van der Waals surface area contributed by atoms with Crippen LogP contribution in [0, 0.1) is 0 Å². The molecule has 0 bridgehead atoms. The van der Waals surface area contributed by atoms with Crippen LogP contribution in [0.2, 0.25) is 0 Å². The fourth-order valence-corrected chi connectivity index (χ4v) is 3.12. The van der Waals surface area contributed by atoms with Gasteiger partial charge < -0.3 is 20.3 Å². The van der Waals surface area contributed by atoms with Gasteiger partial charge in [-0.3, -0.25) is 4.79 Å². The zero-order valence-electron chi connectivity index (χ0n) is 16.8. The molecule has 2 N–H and O–H groups in total. The van der Waals surface area contributed by atoms with Crippen molar-refractivity contribution in [3.8, 4) is 5.75 Å². The summed E-state index contributed by atoms with van der Waals surface area (Å²) in [5.74, 6) is 1.54. The highest BCUT2D eigenvalue weighted by atomic mass is 79.9. The SMILES string of the molecule is CCNC(=NCc1ccc(OC)c(Br)c1)NCc1ccc(C(=O)N(C)C)cc1. The van der Waals surface area contributed by atoms with Gasteiger partial charge in [-0.25, -0.2) is 4.99 Å². The van der Waals surface area contributed by atoms with Crippen molar-refractivity contribution in [2.24, 2.45) is 4.99 Å². The van der Waals surface area contributed by atoms with E-state index in [4.69, 9.17) is 4.74 Å². The van der Waals surface area contributed by atoms with Gasteiger partial charge in [-0.15, -0.1) is 0 Å². The number of nitrogens with one attached hydrogen (secondary N) is 2. The topological polar surface area (TPSA) is 66.0 Å². The van der Waals surface area contributed by atoms with Crippen molar-refractivity contribution in [3.63, 3.8) is 0 Å². The molecule has 0 aliphatic carbocycles. The lowest BCUT2D eigenvalue weighted by Crippen LogP contribution is -2.36. The second-order valence-corrected chi connectivity index (χ2v) is 7.27. The van der Waals surface area contributed by atoms with Gasteiger partial charge in [-0.2, -0.15) is 0 Å². The van der Waals surface area contributed by atoms with E-state index in [1.807, 2.05) is 49.4 Å². The van der Waals surface area contributed by atoms with Crippen LogP contribution in [0.1, 0.15) is 28.4 Å². The molecule has 2 rings (SSSR count). The number of benzene rings is 2. The Labute approximate surface area is 175 Å². The van der Waals surface area contributed by atoms with E-state index in [0.29, 0.717) is 18.7 Å². The molecule has 0 saturated carbocycles. The molecule has 2 aromatic carbocycles. The van der Waals surface area contributed by atoms with E-state index in [2.05, 4.69) is 31.6 Å². The highest BCUT2D eigenvalue weighted by molar-refractivity contribution is 9.10. The van der Waals surface area contributed by atoms with Gasteiger partial charge in [0, 0.05) is 32.7 Å². The third kappa shape index (κ3) is 6.27. The molecule has 0 saturated heterocycles. The van der Waals surface area contributed by atoms with Gasteiger partial charge in [-0.05, 0) is 58.2 Å². The molecule has 150 valence electrons. The average molecular weight is 447 g/mol. The first-order valence-electron chi connectivity index (χ1n) is 9.09.